The van der Waals surface area contributed by atoms with E-state index in [4.69, 9.17) is 17.3 Å². The third-order valence-electron chi connectivity index (χ3n) is 2.77. The van der Waals surface area contributed by atoms with Crippen LogP contribution < -0.4 is 11.1 Å². The van der Waals surface area contributed by atoms with Gasteiger partial charge in [0.05, 0.1) is 11.7 Å². The number of anilines is 1. The van der Waals surface area contributed by atoms with Crippen LogP contribution in [0.2, 0.25) is 5.02 Å². The zero-order valence-corrected chi connectivity index (χ0v) is 11.2. The summed E-state index contributed by atoms with van der Waals surface area (Å²) in [6.45, 7) is 1.89. The summed E-state index contributed by atoms with van der Waals surface area (Å²) in [5.41, 5.74) is 7.28. The number of aromatic nitrogens is 1. The van der Waals surface area contributed by atoms with E-state index >= 15 is 0 Å². The molecule has 4 nitrogen and oxygen atoms in total. The number of carbonyl (C=O) groups excluding carboxylic acids is 1. The molecule has 0 saturated heterocycles. The molecule has 1 aromatic heterocycles. The highest BCUT2D eigenvalue weighted by Crippen LogP contribution is 2.17. The number of carbonyl (C=O) groups is 1. The van der Waals surface area contributed by atoms with Gasteiger partial charge in [0.1, 0.15) is 0 Å². The lowest BCUT2D eigenvalue weighted by atomic mass is 10.1. The first-order valence-corrected chi connectivity index (χ1v) is 6.22. The van der Waals surface area contributed by atoms with Gasteiger partial charge in [-0.05, 0) is 36.8 Å². The lowest BCUT2D eigenvalue weighted by molar-refractivity contribution is 0.0936. The summed E-state index contributed by atoms with van der Waals surface area (Å²) < 4.78 is 0. The Hall–Kier alpha value is -2.07. The lowest BCUT2D eigenvalue weighted by Crippen LogP contribution is -2.28. The van der Waals surface area contributed by atoms with Gasteiger partial charge >= 0.3 is 0 Å². The second kappa shape index (κ2) is 5.71. The van der Waals surface area contributed by atoms with Crippen molar-refractivity contribution in [2.75, 3.05) is 5.73 Å². The molecule has 2 aromatic rings. The summed E-state index contributed by atoms with van der Waals surface area (Å²) in [6, 6.07) is 10.5. The van der Waals surface area contributed by atoms with E-state index in [1.54, 1.807) is 24.3 Å². The predicted octanol–water partition coefficient (Wildman–Crippen LogP) is 2.81. The van der Waals surface area contributed by atoms with Crippen LogP contribution in [0.4, 0.5) is 5.69 Å². The minimum Gasteiger partial charge on any atom is -0.397 e. The molecule has 0 unspecified atom stereocenters. The van der Waals surface area contributed by atoms with Crippen LogP contribution in [0.5, 0.6) is 0 Å². The Kier molecular flexibility index (Phi) is 4.02. The van der Waals surface area contributed by atoms with Gasteiger partial charge in [0.15, 0.2) is 5.69 Å². The number of nitrogen functional groups attached to an aromatic ring is 1. The van der Waals surface area contributed by atoms with E-state index in [1.807, 2.05) is 19.1 Å². The molecule has 1 amide bonds. The quantitative estimate of drug-likeness (QED) is 0.905. The molecule has 5 heteroatoms. The Balaban J connectivity index is 2.11. The molecule has 0 aliphatic rings. The van der Waals surface area contributed by atoms with Crippen LogP contribution in [-0.4, -0.2) is 10.9 Å². The Labute approximate surface area is 116 Å². The normalized spacial score (nSPS) is 11.9. The Morgan fingerprint density at radius 1 is 1.32 bits per heavy atom. The van der Waals surface area contributed by atoms with Crippen molar-refractivity contribution in [1.29, 1.82) is 0 Å². The number of hydrogen-bond donors (Lipinski definition) is 2. The molecular formula is C14H14ClN3O. The zero-order valence-electron chi connectivity index (χ0n) is 10.4. The van der Waals surface area contributed by atoms with E-state index in [1.165, 1.54) is 6.20 Å². The summed E-state index contributed by atoms with van der Waals surface area (Å²) in [4.78, 5) is 16.0. The molecule has 19 heavy (non-hydrogen) atoms. The summed E-state index contributed by atoms with van der Waals surface area (Å²) in [7, 11) is 0. The standard InChI is InChI=1S/C14H14ClN3O/c1-9(10-4-6-11(15)7-5-10)18-14(19)13-12(16)3-2-8-17-13/h2-9H,16H2,1H3,(H,18,19)/t9-/m1/s1. The number of nitrogens with zero attached hydrogens (tertiary/aromatic N) is 1. The number of benzene rings is 1. The van der Waals surface area contributed by atoms with Crippen molar-refractivity contribution in [2.45, 2.75) is 13.0 Å². The monoisotopic (exact) mass is 275 g/mol. The highest BCUT2D eigenvalue weighted by atomic mass is 35.5. The Morgan fingerprint density at radius 2 is 2.00 bits per heavy atom. The minimum absolute atomic E-state index is 0.147. The van der Waals surface area contributed by atoms with Crippen LogP contribution in [0, 0.1) is 0 Å². The largest absolute Gasteiger partial charge is 0.397 e. The van der Waals surface area contributed by atoms with Gasteiger partial charge in [-0.3, -0.25) is 4.79 Å². The van der Waals surface area contributed by atoms with Crippen molar-refractivity contribution in [3.05, 3.63) is 58.9 Å². The molecule has 0 aliphatic heterocycles. The van der Waals surface area contributed by atoms with E-state index < -0.39 is 0 Å². The van der Waals surface area contributed by atoms with Gasteiger partial charge < -0.3 is 11.1 Å². The van der Waals surface area contributed by atoms with Crippen molar-refractivity contribution in [2.24, 2.45) is 0 Å². The molecule has 0 spiro atoms. The molecule has 3 N–H and O–H groups in total. The van der Waals surface area contributed by atoms with Crippen molar-refractivity contribution in [1.82, 2.24) is 10.3 Å². The van der Waals surface area contributed by atoms with Crippen molar-refractivity contribution in [3.8, 4) is 0 Å². The average Bonchev–Trinajstić information content (AvgIpc) is 2.39. The van der Waals surface area contributed by atoms with Gasteiger partial charge in [-0.2, -0.15) is 0 Å². The summed E-state index contributed by atoms with van der Waals surface area (Å²) in [5, 5.41) is 3.51. The topological polar surface area (TPSA) is 68.0 Å². The molecule has 2 rings (SSSR count). The van der Waals surface area contributed by atoms with E-state index in [0.717, 1.165) is 5.56 Å². The van der Waals surface area contributed by atoms with Gasteiger partial charge in [-0.1, -0.05) is 23.7 Å². The predicted molar refractivity (Wildman–Crippen MR) is 76.0 cm³/mol. The van der Waals surface area contributed by atoms with Gasteiger partial charge in [0.25, 0.3) is 5.91 Å². The van der Waals surface area contributed by atoms with Crippen LogP contribution in [0.15, 0.2) is 42.6 Å². The summed E-state index contributed by atoms with van der Waals surface area (Å²) in [5.74, 6) is -0.291. The van der Waals surface area contributed by atoms with Gasteiger partial charge in [-0.15, -0.1) is 0 Å². The molecule has 1 aromatic carbocycles. The van der Waals surface area contributed by atoms with Gasteiger partial charge in [0, 0.05) is 11.2 Å². The van der Waals surface area contributed by atoms with Crippen molar-refractivity contribution in [3.63, 3.8) is 0 Å². The van der Waals surface area contributed by atoms with Crippen molar-refractivity contribution >= 4 is 23.2 Å². The SMILES string of the molecule is C[C@@H](NC(=O)c1ncccc1N)c1ccc(Cl)cc1. The number of pyridine rings is 1. The maximum atomic E-state index is 12.0. The minimum atomic E-state index is -0.291. The maximum Gasteiger partial charge on any atom is 0.272 e. The Morgan fingerprint density at radius 3 is 2.63 bits per heavy atom. The molecule has 0 saturated carbocycles. The highest BCUT2D eigenvalue weighted by molar-refractivity contribution is 6.30. The average molecular weight is 276 g/mol. The summed E-state index contributed by atoms with van der Waals surface area (Å²) in [6.07, 6.45) is 1.54. The third-order valence-corrected chi connectivity index (χ3v) is 3.02. The first kappa shape index (κ1) is 13.4. The fourth-order valence-corrected chi connectivity index (χ4v) is 1.83. The van der Waals surface area contributed by atoms with Crippen molar-refractivity contribution < 1.29 is 4.79 Å². The van der Waals surface area contributed by atoms with Crippen LogP contribution in [0.25, 0.3) is 0 Å². The molecule has 0 radical (unpaired) electrons. The molecule has 0 bridgehead atoms. The first-order valence-electron chi connectivity index (χ1n) is 5.84. The number of halogens is 1. The van der Waals surface area contributed by atoms with Crippen LogP contribution >= 0.6 is 11.6 Å². The third kappa shape index (κ3) is 3.23. The second-order valence-corrected chi connectivity index (χ2v) is 4.62. The van der Waals surface area contributed by atoms with E-state index in [2.05, 4.69) is 10.3 Å². The molecular weight excluding hydrogens is 262 g/mol. The molecule has 0 aliphatic carbocycles. The van der Waals surface area contributed by atoms with Crippen LogP contribution in [0.1, 0.15) is 29.0 Å². The number of hydrogen-bond acceptors (Lipinski definition) is 3. The van der Waals surface area contributed by atoms with E-state index in [9.17, 15) is 4.79 Å². The zero-order chi connectivity index (χ0) is 13.8. The van der Waals surface area contributed by atoms with E-state index in [0.29, 0.717) is 10.7 Å². The maximum absolute atomic E-state index is 12.0. The highest BCUT2D eigenvalue weighted by Gasteiger charge is 2.14. The summed E-state index contributed by atoms with van der Waals surface area (Å²) >= 11 is 5.82. The number of nitrogens with one attached hydrogen (secondary N) is 1. The first-order chi connectivity index (χ1) is 9.08. The van der Waals surface area contributed by atoms with Crippen LogP contribution in [-0.2, 0) is 0 Å². The fourth-order valence-electron chi connectivity index (χ4n) is 1.71. The van der Waals surface area contributed by atoms with Crippen LogP contribution in [0.3, 0.4) is 0 Å². The lowest BCUT2D eigenvalue weighted by Gasteiger charge is -2.14. The van der Waals surface area contributed by atoms with E-state index in [-0.39, 0.29) is 17.6 Å². The molecule has 1 heterocycles. The number of nitrogens with two attached hydrogens (primary N) is 1. The second-order valence-electron chi connectivity index (χ2n) is 4.19. The number of amides is 1. The molecule has 1 atom stereocenters. The number of rotatable bonds is 3. The Bertz CT molecular complexity index is 583. The fraction of sp³-hybridized carbons (Fsp3) is 0.143. The molecule has 0 fully saturated rings. The smallest absolute Gasteiger partial charge is 0.272 e. The van der Waals surface area contributed by atoms with Gasteiger partial charge in [-0.25, -0.2) is 4.98 Å². The molecule has 98 valence electrons. The van der Waals surface area contributed by atoms with Gasteiger partial charge in [0.2, 0.25) is 0 Å².